The van der Waals surface area contributed by atoms with E-state index in [4.69, 9.17) is 0 Å². The van der Waals surface area contributed by atoms with Crippen LogP contribution in [-0.2, 0) is 12.0 Å². The zero-order chi connectivity index (χ0) is 23.9. The van der Waals surface area contributed by atoms with Gasteiger partial charge in [0, 0.05) is 30.5 Å². The molecular weight excluding hydrogens is 427 g/mol. The molecule has 174 valence electrons. The second-order valence-electron chi connectivity index (χ2n) is 9.97. The van der Waals surface area contributed by atoms with Crippen LogP contribution in [0.5, 0.6) is 0 Å². The Kier molecular flexibility index (Phi) is 5.60. The van der Waals surface area contributed by atoms with Gasteiger partial charge in [-0.2, -0.15) is 0 Å². The molecule has 6 heteroatoms. The van der Waals surface area contributed by atoms with Gasteiger partial charge in [0.15, 0.2) is 0 Å². The first-order valence-electron chi connectivity index (χ1n) is 11.7. The summed E-state index contributed by atoms with van der Waals surface area (Å²) in [5.74, 6) is 0.422. The maximum Gasteiger partial charge on any atom is 0.272 e. The summed E-state index contributed by atoms with van der Waals surface area (Å²) in [7, 11) is 0. The number of carbonyl (C=O) groups excluding carboxylic acids is 1. The Balaban J connectivity index is 1.50. The highest BCUT2D eigenvalue weighted by molar-refractivity contribution is 6.06. The van der Waals surface area contributed by atoms with Crippen molar-refractivity contribution >= 4 is 28.3 Å². The van der Waals surface area contributed by atoms with Crippen molar-refractivity contribution in [3.8, 4) is 0 Å². The Hall–Kier alpha value is -3.67. The smallest absolute Gasteiger partial charge is 0.272 e. The normalized spacial score (nSPS) is 13.7. The van der Waals surface area contributed by atoms with E-state index in [1.54, 1.807) is 12.3 Å². The molecule has 1 N–H and O–H groups in total. The van der Waals surface area contributed by atoms with Gasteiger partial charge in [-0.15, -0.1) is 0 Å². The van der Waals surface area contributed by atoms with E-state index >= 15 is 0 Å². The number of rotatable bonds is 5. The summed E-state index contributed by atoms with van der Waals surface area (Å²) in [6.07, 6.45) is 2.88. The maximum atomic E-state index is 13.9. The van der Waals surface area contributed by atoms with Gasteiger partial charge in [0.1, 0.15) is 17.3 Å². The quantitative estimate of drug-likeness (QED) is 0.402. The van der Waals surface area contributed by atoms with Crippen molar-refractivity contribution in [1.82, 2.24) is 9.55 Å². The SMILES string of the molecule is CC(C)(C)c1ccc2c(c1)cc(C(=O)Nc1ccc(N3CCC3)nc1)n2Cc1cccc(F)c1. The predicted octanol–water partition coefficient (Wildman–Crippen LogP) is 5.98. The van der Waals surface area contributed by atoms with Gasteiger partial charge >= 0.3 is 0 Å². The number of pyridine rings is 1. The molecule has 2 aromatic carbocycles. The maximum absolute atomic E-state index is 13.9. The van der Waals surface area contributed by atoms with Crippen molar-refractivity contribution in [3.05, 3.63) is 89.5 Å². The average Bonchev–Trinajstić information content (AvgIpc) is 3.11. The van der Waals surface area contributed by atoms with Gasteiger partial charge in [-0.3, -0.25) is 4.79 Å². The molecule has 1 aliphatic rings. The molecule has 2 aromatic heterocycles. The third kappa shape index (κ3) is 4.40. The highest BCUT2D eigenvalue weighted by atomic mass is 19.1. The zero-order valence-corrected chi connectivity index (χ0v) is 19.8. The fourth-order valence-corrected chi connectivity index (χ4v) is 4.30. The molecule has 0 spiro atoms. The lowest BCUT2D eigenvalue weighted by molar-refractivity contribution is 0.101. The van der Waals surface area contributed by atoms with Crippen LogP contribution in [0.25, 0.3) is 10.9 Å². The molecule has 4 aromatic rings. The standard InChI is InChI=1S/C28H29FN4O/c1-28(2,3)21-8-10-24-20(15-21)16-25(33(24)18-19-6-4-7-22(29)14-19)27(34)31-23-9-11-26(30-17-23)32-12-5-13-32/h4,6-11,14-17H,5,12-13,18H2,1-3H3,(H,31,34). The van der Waals surface area contributed by atoms with Gasteiger partial charge in [0.25, 0.3) is 5.91 Å². The number of anilines is 2. The fourth-order valence-electron chi connectivity index (χ4n) is 4.30. The van der Waals surface area contributed by atoms with Crippen LogP contribution in [0.15, 0.2) is 66.9 Å². The monoisotopic (exact) mass is 456 g/mol. The molecule has 5 rings (SSSR count). The van der Waals surface area contributed by atoms with E-state index in [1.165, 1.54) is 24.1 Å². The van der Waals surface area contributed by atoms with Crippen LogP contribution in [0.4, 0.5) is 15.9 Å². The van der Waals surface area contributed by atoms with Crippen molar-refractivity contribution in [2.24, 2.45) is 0 Å². The van der Waals surface area contributed by atoms with Gasteiger partial charge in [-0.05, 0) is 65.4 Å². The van der Waals surface area contributed by atoms with Crippen molar-refractivity contribution < 1.29 is 9.18 Å². The highest BCUT2D eigenvalue weighted by Gasteiger charge is 2.20. The molecule has 3 heterocycles. The summed E-state index contributed by atoms with van der Waals surface area (Å²) in [6.45, 7) is 8.95. The Labute approximate surface area is 199 Å². The molecule has 34 heavy (non-hydrogen) atoms. The lowest BCUT2D eigenvalue weighted by Crippen LogP contribution is -2.37. The summed E-state index contributed by atoms with van der Waals surface area (Å²) >= 11 is 0. The number of carbonyl (C=O) groups is 1. The summed E-state index contributed by atoms with van der Waals surface area (Å²) in [6, 6.07) is 18.5. The van der Waals surface area contributed by atoms with Crippen LogP contribution in [0.3, 0.4) is 0 Å². The van der Waals surface area contributed by atoms with Crippen LogP contribution in [-0.4, -0.2) is 28.5 Å². The van der Waals surface area contributed by atoms with Gasteiger partial charge in [0.05, 0.1) is 11.9 Å². The van der Waals surface area contributed by atoms with E-state index in [2.05, 4.69) is 54.2 Å². The first-order chi connectivity index (χ1) is 16.3. The molecule has 1 saturated heterocycles. The second kappa shape index (κ2) is 8.60. The molecule has 0 bridgehead atoms. The number of hydrogen-bond donors (Lipinski definition) is 1. The van der Waals surface area contributed by atoms with E-state index in [1.807, 2.05) is 28.8 Å². The van der Waals surface area contributed by atoms with Gasteiger partial charge in [-0.25, -0.2) is 9.37 Å². The van der Waals surface area contributed by atoms with Crippen molar-refractivity contribution in [3.63, 3.8) is 0 Å². The van der Waals surface area contributed by atoms with Crippen LogP contribution < -0.4 is 10.2 Å². The minimum atomic E-state index is -0.289. The molecular formula is C28H29FN4O. The van der Waals surface area contributed by atoms with E-state index in [0.29, 0.717) is 17.9 Å². The molecule has 1 amide bonds. The predicted molar refractivity (Wildman–Crippen MR) is 135 cm³/mol. The number of nitrogens with zero attached hydrogens (tertiary/aromatic N) is 3. The number of amides is 1. The molecule has 0 saturated carbocycles. The molecule has 0 unspecified atom stereocenters. The van der Waals surface area contributed by atoms with Gasteiger partial charge in [0.2, 0.25) is 0 Å². The van der Waals surface area contributed by atoms with Crippen LogP contribution >= 0.6 is 0 Å². The summed E-state index contributed by atoms with van der Waals surface area (Å²) in [5.41, 5.74) is 4.09. The van der Waals surface area contributed by atoms with E-state index in [9.17, 15) is 9.18 Å². The van der Waals surface area contributed by atoms with Gasteiger partial charge in [-0.1, -0.05) is 39.0 Å². The number of aromatic nitrogens is 2. The minimum absolute atomic E-state index is 0.00878. The topological polar surface area (TPSA) is 50.2 Å². The van der Waals surface area contributed by atoms with Crippen molar-refractivity contribution in [2.75, 3.05) is 23.3 Å². The summed E-state index contributed by atoms with van der Waals surface area (Å²) < 4.78 is 15.8. The Morgan fingerprint density at radius 3 is 2.53 bits per heavy atom. The number of hydrogen-bond acceptors (Lipinski definition) is 3. The molecule has 1 fully saturated rings. The number of benzene rings is 2. The molecule has 1 aliphatic heterocycles. The minimum Gasteiger partial charge on any atom is -0.356 e. The second-order valence-corrected chi connectivity index (χ2v) is 9.97. The van der Waals surface area contributed by atoms with E-state index in [0.717, 1.165) is 35.4 Å². The molecule has 0 aliphatic carbocycles. The van der Waals surface area contributed by atoms with Crippen molar-refractivity contribution in [2.45, 2.75) is 39.2 Å². The molecule has 0 atom stereocenters. The van der Waals surface area contributed by atoms with Gasteiger partial charge < -0.3 is 14.8 Å². The molecule has 5 nitrogen and oxygen atoms in total. The lowest BCUT2D eigenvalue weighted by atomic mass is 9.86. The average molecular weight is 457 g/mol. The third-order valence-corrected chi connectivity index (χ3v) is 6.42. The Morgan fingerprint density at radius 2 is 1.88 bits per heavy atom. The number of halogens is 1. The number of fused-ring (bicyclic) bond motifs is 1. The fraction of sp³-hybridized carbons (Fsp3) is 0.286. The number of nitrogens with one attached hydrogen (secondary N) is 1. The zero-order valence-electron chi connectivity index (χ0n) is 19.8. The first kappa shape index (κ1) is 22.1. The largest absolute Gasteiger partial charge is 0.356 e. The highest BCUT2D eigenvalue weighted by Crippen LogP contribution is 2.29. The first-order valence-corrected chi connectivity index (χ1v) is 11.7. The van der Waals surface area contributed by atoms with E-state index < -0.39 is 0 Å². The van der Waals surface area contributed by atoms with Crippen LogP contribution in [0.2, 0.25) is 0 Å². The third-order valence-electron chi connectivity index (χ3n) is 6.42. The molecule has 0 radical (unpaired) electrons. The van der Waals surface area contributed by atoms with E-state index in [-0.39, 0.29) is 17.1 Å². The van der Waals surface area contributed by atoms with Crippen molar-refractivity contribution in [1.29, 1.82) is 0 Å². The van der Waals surface area contributed by atoms with Crippen LogP contribution in [0, 0.1) is 5.82 Å². The summed E-state index contributed by atoms with van der Waals surface area (Å²) in [5, 5.41) is 3.98. The Morgan fingerprint density at radius 1 is 1.06 bits per heavy atom. The summed E-state index contributed by atoms with van der Waals surface area (Å²) in [4.78, 5) is 20.1. The Bertz CT molecular complexity index is 1350. The van der Waals surface area contributed by atoms with Crippen LogP contribution in [0.1, 0.15) is 48.8 Å². The lowest BCUT2D eigenvalue weighted by Gasteiger charge is -2.31.